The summed E-state index contributed by atoms with van der Waals surface area (Å²) in [5.74, 6) is -0.364. The molecule has 0 spiro atoms. The van der Waals surface area contributed by atoms with E-state index in [9.17, 15) is 14.4 Å². The fourth-order valence-electron chi connectivity index (χ4n) is 2.37. The molecule has 0 aliphatic heterocycles. The van der Waals surface area contributed by atoms with E-state index in [1.165, 1.54) is 6.92 Å². The van der Waals surface area contributed by atoms with Gasteiger partial charge < -0.3 is 15.0 Å². The van der Waals surface area contributed by atoms with Crippen LogP contribution in [0.3, 0.4) is 0 Å². The first-order valence-electron chi connectivity index (χ1n) is 8.07. The average molecular weight is 330 g/mol. The number of hydrogen-bond donors (Lipinski definition) is 2. The number of H-pyrrole nitrogens is 1. The maximum atomic E-state index is 12.0. The largest absolute Gasteiger partial charge is 0.461 e. The van der Waals surface area contributed by atoms with E-state index in [0.29, 0.717) is 24.9 Å². The van der Waals surface area contributed by atoms with E-state index in [4.69, 9.17) is 4.74 Å². The Morgan fingerprint density at radius 2 is 1.96 bits per heavy atom. The highest BCUT2D eigenvalue weighted by Gasteiger charge is 2.07. The molecule has 6 heteroatoms. The molecule has 0 fully saturated rings. The summed E-state index contributed by atoms with van der Waals surface area (Å²) in [5, 5.41) is 3.61. The van der Waals surface area contributed by atoms with Gasteiger partial charge in [0.2, 0.25) is 5.91 Å². The third-order valence-corrected chi connectivity index (χ3v) is 3.65. The molecule has 128 valence electrons. The molecule has 0 atom stereocenters. The van der Waals surface area contributed by atoms with E-state index >= 15 is 0 Å². The number of esters is 1. The Morgan fingerprint density at radius 1 is 1.17 bits per heavy atom. The number of ether oxygens (including phenoxy) is 1. The van der Waals surface area contributed by atoms with Gasteiger partial charge in [0.05, 0.1) is 5.56 Å². The Bertz CT molecular complexity index is 767. The number of carbonyl (C=O) groups is 2. The number of unbranched alkanes of at least 4 members (excludes halogenated alkanes) is 2. The first-order chi connectivity index (χ1) is 11.6. The zero-order valence-electron chi connectivity index (χ0n) is 13.8. The van der Waals surface area contributed by atoms with Crippen molar-refractivity contribution in [1.29, 1.82) is 0 Å². The van der Waals surface area contributed by atoms with Gasteiger partial charge in [0, 0.05) is 25.4 Å². The fourth-order valence-corrected chi connectivity index (χ4v) is 2.37. The van der Waals surface area contributed by atoms with Gasteiger partial charge in [0.25, 0.3) is 5.56 Å². The topological polar surface area (TPSA) is 88.3 Å². The van der Waals surface area contributed by atoms with Crippen molar-refractivity contribution in [3.05, 3.63) is 46.2 Å². The highest BCUT2D eigenvalue weighted by molar-refractivity contribution is 5.78. The SMILES string of the molecule is CC(=O)NCCCCCC(=O)OCc1cc2ccccc2[nH]c1=O. The van der Waals surface area contributed by atoms with Crippen LogP contribution in [-0.2, 0) is 20.9 Å². The standard InChI is InChI=1S/C18H22N2O4/c1-13(21)19-10-6-2-3-9-17(22)24-12-15-11-14-7-4-5-8-16(14)20-18(15)23/h4-5,7-8,11H,2-3,6,9-10,12H2,1H3,(H,19,21)(H,20,23). The molecule has 1 aromatic carbocycles. The first-order valence-corrected chi connectivity index (χ1v) is 8.07. The van der Waals surface area contributed by atoms with E-state index in [1.54, 1.807) is 6.07 Å². The van der Waals surface area contributed by atoms with Gasteiger partial charge in [-0.2, -0.15) is 0 Å². The summed E-state index contributed by atoms with van der Waals surface area (Å²) in [4.78, 5) is 37.2. The van der Waals surface area contributed by atoms with Crippen LogP contribution in [0, 0.1) is 0 Å². The van der Waals surface area contributed by atoms with Crippen LogP contribution in [0.5, 0.6) is 0 Å². The Labute approximate surface area is 140 Å². The normalized spacial score (nSPS) is 10.5. The molecule has 1 amide bonds. The molecule has 6 nitrogen and oxygen atoms in total. The van der Waals surface area contributed by atoms with Crippen LogP contribution < -0.4 is 10.9 Å². The van der Waals surface area contributed by atoms with E-state index in [0.717, 1.165) is 23.7 Å². The number of pyridine rings is 1. The predicted octanol–water partition coefficient (Wildman–Crippen LogP) is 2.27. The van der Waals surface area contributed by atoms with Gasteiger partial charge in [-0.1, -0.05) is 24.6 Å². The lowest BCUT2D eigenvalue weighted by molar-refractivity contribution is -0.145. The van der Waals surface area contributed by atoms with Gasteiger partial charge in [0.15, 0.2) is 0 Å². The second kappa shape index (κ2) is 8.86. The summed E-state index contributed by atoms with van der Waals surface area (Å²) in [6.45, 7) is 2.08. The summed E-state index contributed by atoms with van der Waals surface area (Å²) in [7, 11) is 0. The van der Waals surface area contributed by atoms with E-state index in [-0.39, 0.29) is 24.0 Å². The number of rotatable bonds is 8. The maximum absolute atomic E-state index is 12.0. The van der Waals surface area contributed by atoms with Crippen molar-refractivity contribution >= 4 is 22.8 Å². The number of aromatic nitrogens is 1. The zero-order valence-corrected chi connectivity index (χ0v) is 13.8. The molecule has 2 rings (SSSR count). The molecule has 0 unspecified atom stereocenters. The molecule has 0 saturated carbocycles. The third-order valence-electron chi connectivity index (χ3n) is 3.65. The monoisotopic (exact) mass is 330 g/mol. The van der Waals surface area contributed by atoms with Crippen molar-refractivity contribution in [2.75, 3.05) is 6.54 Å². The fraction of sp³-hybridized carbons (Fsp3) is 0.389. The van der Waals surface area contributed by atoms with Crippen LogP contribution in [0.1, 0.15) is 38.2 Å². The molecule has 0 radical (unpaired) electrons. The van der Waals surface area contributed by atoms with Crippen LogP contribution in [0.4, 0.5) is 0 Å². The van der Waals surface area contributed by atoms with E-state index in [2.05, 4.69) is 10.3 Å². The van der Waals surface area contributed by atoms with Gasteiger partial charge in [-0.05, 0) is 30.4 Å². The second-order valence-electron chi connectivity index (χ2n) is 5.67. The lowest BCUT2D eigenvalue weighted by atomic mass is 10.1. The number of amides is 1. The van der Waals surface area contributed by atoms with Crippen molar-refractivity contribution in [3.8, 4) is 0 Å². The molecule has 24 heavy (non-hydrogen) atoms. The summed E-state index contributed by atoms with van der Waals surface area (Å²) >= 11 is 0. The van der Waals surface area contributed by atoms with Crippen LogP contribution in [-0.4, -0.2) is 23.4 Å². The Morgan fingerprint density at radius 3 is 2.75 bits per heavy atom. The van der Waals surface area contributed by atoms with Gasteiger partial charge in [-0.3, -0.25) is 14.4 Å². The molecule has 0 saturated heterocycles. The van der Waals surface area contributed by atoms with Crippen LogP contribution in [0.15, 0.2) is 35.1 Å². The molecule has 1 heterocycles. The number of carbonyl (C=O) groups excluding carboxylic acids is 2. The summed E-state index contributed by atoms with van der Waals surface area (Å²) in [5.41, 5.74) is 0.960. The van der Waals surface area contributed by atoms with Crippen molar-refractivity contribution in [3.63, 3.8) is 0 Å². The minimum Gasteiger partial charge on any atom is -0.461 e. The summed E-state index contributed by atoms with van der Waals surface area (Å²) in [6, 6.07) is 9.20. The highest BCUT2D eigenvalue weighted by atomic mass is 16.5. The van der Waals surface area contributed by atoms with Gasteiger partial charge >= 0.3 is 5.97 Å². The molecule has 0 aliphatic rings. The number of nitrogens with one attached hydrogen (secondary N) is 2. The predicted molar refractivity (Wildman–Crippen MR) is 91.5 cm³/mol. The van der Waals surface area contributed by atoms with Gasteiger partial charge in [-0.25, -0.2) is 0 Å². The Hall–Kier alpha value is -2.63. The minimum atomic E-state index is -0.318. The molecular weight excluding hydrogens is 308 g/mol. The molecular formula is C18H22N2O4. The molecule has 1 aromatic heterocycles. The van der Waals surface area contributed by atoms with E-state index in [1.807, 2.05) is 24.3 Å². The number of benzene rings is 1. The first kappa shape index (κ1) is 17.7. The van der Waals surface area contributed by atoms with Crippen molar-refractivity contribution in [1.82, 2.24) is 10.3 Å². The zero-order chi connectivity index (χ0) is 17.4. The van der Waals surface area contributed by atoms with Gasteiger partial charge in [-0.15, -0.1) is 0 Å². The van der Waals surface area contributed by atoms with Gasteiger partial charge in [0.1, 0.15) is 6.61 Å². The smallest absolute Gasteiger partial charge is 0.306 e. The Balaban J connectivity index is 1.75. The second-order valence-corrected chi connectivity index (χ2v) is 5.67. The van der Waals surface area contributed by atoms with Crippen molar-refractivity contribution in [2.45, 2.75) is 39.2 Å². The molecule has 2 N–H and O–H groups in total. The summed E-state index contributed by atoms with van der Waals surface area (Å²) in [6.07, 6.45) is 2.68. The highest BCUT2D eigenvalue weighted by Crippen LogP contribution is 2.11. The maximum Gasteiger partial charge on any atom is 0.306 e. The van der Waals surface area contributed by atoms with E-state index < -0.39 is 0 Å². The van der Waals surface area contributed by atoms with Crippen LogP contribution in [0.2, 0.25) is 0 Å². The molecule has 0 aliphatic carbocycles. The molecule has 2 aromatic rings. The summed E-state index contributed by atoms with van der Waals surface area (Å²) < 4.78 is 5.17. The third kappa shape index (κ3) is 5.53. The van der Waals surface area contributed by atoms with Crippen LogP contribution >= 0.6 is 0 Å². The number of aromatic amines is 1. The average Bonchev–Trinajstić information content (AvgIpc) is 2.55. The minimum absolute atomic E-state index is 0.0229. The van der Waals surface area contributed by atoms with Crippen LogP contribution in [0.25, 0.3) is 10.9 Å². The lowest BCUT2D eigenvalue weighted by Crippen LogP contribution is -2.20. The molecule has 0 bridgehead atoms. The lowest BCUT2D eigenvalue weighted by Gasteiger charge is -2.06. The number of para-hydroxylation sites is 1. The van der Waals surface area contributed by atoms with Crippen molar-refractivity contribution in [2.24, 2.45) is 0 Å². The quantitative estimate of drug-likeness (QED) is 0.574. The number of hydrogen-bond acceptors (Lipinski definition) is 4. The Kier molecular flexibility index (Phi) is 6.54. The number of fused-ring (bicyclic) bond motifs is 1. The van der Waals surface area contributed by atoms with Crippen molar-refractivity contribution < 1.29 is 14.3 Å².